The van der Waals surface area contributed by atoms with Crippen LogP contribution in [0.2, 0.25) is 0 Å². The van der Waals surface area contributed by atoms with Crippen LogP contribution in [0.25, 0.3) is 0 Å². The van der Waals surface area contributed by atoms with Crippen LogP contribution < -0.4 is 5.73 Å². The number of nitrogens with two attached hydrogens (primary N) is 1. The van der Waals surface area contributed by atoms with Crippen molar-refractivity contribution in [2.24, 2.45) is 5.73 Å². The predicted molar refractivity (Wildman–Crippen MR) is 70.0 cm³/mol. The number of aromatic nitrogens is 2. The smallest absolute Gasteiger partial charge is 0.227 e. The van der Waals surface area contributed by atoms with Crippen LogP contribution in [0.4, 0.5) is 0 Å². The number of aryl methyl sites for hydroxylation is 2. The van der Waals surface area contributed by atoms with Gasteiger partial charge in [0.05, 0.1) is 6.04 Å². The molecule has 0 radical (unpaired) electrons. The highest BCUT2D eigenvalue weighted by molar-refractivity contribution is 5.15. The molecule has 1 unspecified atom stereocenters. The summed E-state index contributed by atoms with van der Waals surface area (Å²) in [4.78, 5) is 4.34. The van der Waals surface area contributed by atoms with Gasteiger partial charge in [-0.2, -0.15) is 4.98 Å². The topological polar surface area (TPSA) is 64.9 Å². The van der Waals surface area contributed by atoms with Gasteiger partial charge in [-0.05, 0) is 18.4 Å². The van der Waals surface area contributed by atoms with E-state index >= 15 is 0 Å². The van der Waals surface area contributed by atoms with Crippen molar-refractivity contribution in [3.63, 3.8) is 0 Å². The molecule has 0 amide bonds. The summed E-state index contributed by atoms with van der Waals surface area (Å²) in [6.07, 6.45) is 3.58. The summed E-state index contributed by atoms with van der Waals surface area (Å²) in [7, 11) is 0. The second-order valence-electron chi connectivity index (χ2n) is 4.43. The van der Waals surface area contributed by atoms with Gasteiger partial charge in [-0.3, -0.25) is 0 Å². The quantitative estimate of drug-likeness (QED) is 0.849. The summed E-state index contributed by atoms with van der Waals surface area (Å²) < 4.78 is 5.21. The first kappa shape index (κ1) is 12.8. The minimum absolute atomic E-state index is 0.107. The van der Waals surface area contributed by atoms with E-state index < -0.39 is 0 Å². The van der Waals surface area contributed by atoms with Gasteiger partial charge in [-0.1, -0.05) is 48.8 Å². The molecule has 0 fully saturated rings. The van der Waals surface area contributed by atoms with Crippen LogP contribution in [0.1, 0.15) is 43.1 Å². The maximum atomic E-state index is 5.94. The van der Waals surface area contributed by atoms with E-state index in [9.17, 15) is 0 Å². The monoisotopic (exact) mass is 245 g/mol. The molecule has 4 heteroatoms. The standard InChI is InChI=1S/C14H19N3O/c1-2-6-12(15)14-16-13(18-17-14)10-9-11-7-4-3-5-8-11/h3-5,7-8,12H,2,6,9-10,15H2,1H3. The number of hydrogen-bond acceptors (Lipinski definition) is 4. The maximum absolute atomic E-state index is 5.94. The van der Waals surface area contributed by atoms with Gasteiger partial charge in [0.25, 0.3) is 0 Å². The zero-order valence-electron chi connectivity index (χ0n) is 10.7. The molecule has 18 heavy (non-hydrogen) atoms. The molecule has 0 spiro atoms. The molecule has 0 saturated heterocycles. The van der Waals surface area contributed by atoms with E-state index in [1.165, 1.54) is 5.56 Å². The van der Waals surface area contributed by atoms with Gasteiger partial charge >= 0.3 is 0 Å². The van der Waals surface area contributed by atoms with Crippen molar-refractivity contribution in [1.29, 1.82) is 0 Å². The Morgan fingerprint density at radius 1 is 1.22 bits per heavy atom. The van der Waals surface area contributed by atoms with Gasteiger partial charge < -0.3 is 10.3 Å². The van der Waals surface area contributed by atoms with Crippen molar-refractivity contribution in [1.82, 2.24) is 10.1 Å². The zero-order chi connectivity index (χ0) is 12.8. The van der Waals surface area contributed by atoms with Crippen molar-refractivity contribution in [2.45, 2.75) is 38.6 Å². The lowest BCUT2D eigenvalue weighted by atomic mass is 10.1. The average Bonchev–Trinajstić information content (AvgIpc) is 2.87. The molecule has 0 saturated carbocycles. The predicted octanol–water partition coefficient (Wildman–Crippen LogP) is 2.65. The van der Waals surface area contributed by atoms with Crippen molar-refractivity contribution in [2.75, 3.05) is 0 Å². The second kappa shape index (κ2) is 6.31. The Morgan fingerprint density at radius 2 is 2.00 bits per heavy atom. The van der Waals surface area contributed by atoms with Gasteiger partial charge in [0.1, 0.15) is 0 Å². The van der Waals surface area contributed by atoms with Crippen LogP contribution in [-0.4, -0.2) is 10.1 Å². The summed E-state index contributed by atoms with van der Waals surface area (Å²) in [5, 5.41) is 3.94. The lowest BCUT2D eigenvalue weighted by Gasteiger charge is -2.02. The third-order valence-corrected chi connectivity index (χ3v) is 2.89. The first-order valence-corrected chi connectivity index (χ1v) is 6.41. The van der Waals surface area contributed by atoms with Crippen LogP contribution >= 0.6 is 0 Å². The fourth-order valence-corrected chi connectivity index (χ4v) is 1.86. The maximum Gasteiger partial charge on any atom is 0.227 e. The molecule has 2 N–H and O–H groups in total. The molecule has 2 aromatic rings. The molecule has 96 valence electrons. The fraction of sp³-hybridized carbons (Fsp3) is 0.429. The van der Waals surface area contributed by atoms with E-state index in [4.69, 9.17) is 10.3 Å². The van der Waals surface area contributed by atoms with Gasteiger partial charge in [-0.25, -0.2) is 0 Å². The summed E-state index contributed by atoms with van der Waals surface area (Å²) >= 11 is 0. The van der Waals surface area contributed by atoms with Crippen LogP contribution in [0.15, 0.2) is 34.9 Å². The van der Waals surface area contributed by atoms with Crippen molar-refractivity contribution in [3.8, 4) is 0 Å². The molecular formula is C14H19N3O. The molecule has 0 aliphatic heterocycles. The van der Waals surface area contributed by atoms with E-state index in [0.29, 0.717) is 11.7 Å². The van der Waals surface area contributed by atoms with Crippen LogP contribution in [0.3, 0.4) is 0 Å². The molecular weight excluding hydrogens is 226 g/mol. The van der Waals surface area contributed by atoms with Crippen molar-refractivity contribution >= 4 is 0 Å². The molecule has 2 rings (SSSR count). The average molecular weight is 245 g/mol. The van der Waals surface area contributed by atoms with E-state index in [1.807, 2.05) is 18.2 Å². The fourth-order valence-electron chi connectivity index (χ4n) is 1.86. The Kier molecular flexibility index (Phi) is 4.47. The highest BCUT2D eigenvalue weighted by atomic mass is 16.5. The first-order chi connectivity index (χ1) is 8.79. The number of nitrogens with zero attached hydrogens (tertiary/aromatic N) is 2. The molecule has 1 atom stereocenters. The molecule has 4 nitrogen and oxygen atoms in total. The Labute approximate surface area is 107 Å². The molecule has 0 aliphatic carbocycles. The Hall–Kier alpha value is -1.68. The van der Waals surface area contributed by atoms with Crippen LogP contribution in [0.5, 0.6) is 0 Å². The van der Waals surface area contributed by atoms with E-state index in [1.54, 1.807) is 0 Å². The minimum Gasteiger partial charge on any atom is -0.339 e. The summed E-state index contributed by atoms with van der Waals surface area (Å²) in [5.41, 5.74) is 7.21. The molecule has 1 aromatic carbocycles. The third-order valence-electron chi connectivity index (χ3n) is 2.89. The van der Waals surface area contributed by atoms with E-state index in [2.05, 4.69) is 29.2 Å². The van der Waals surface area contributed by atoms with Gasteiger partial charge in [0, 0.05) is 6.42 Å². The summed E-state index contributed by atoms with van der Waals surface area (Å²) in [5.74, 6) is 1.29. The lowest BCUT2D eigenvalue weighted by molar-refractivity contribution is 0.368. The highest BCUT2D eigenvalue weighted by Gasteiger charge is 2.13. The third kappa shape index (κ3) is 3.40. The minimum atomic E-state index is -0.107. The summed E-state index contributed by atoms with van der Waals surface area (Å²) in [6, 6.07) is 10.2. The molecule has 0 aliphatic rings. The molecule has 1 heterocycles. The van der Waals surface area contributed by atoms with Gasteiger partial charge in [0.2, 0.25) is 5.89 Å². The number of hydrogen-bond donors (Lipinski definition) is 1. The van der Waals surface area contributed by atoms with E-state index in [-0.39, 0.29) is 6.04 Å². The lowest BCUT2D eigenvalue weighted by Crippen LogP contribution is -2.11. The van der Waals surface area contributed by atoms with Crippen LogP contribution in [0, 0.1) is 0 Å². The van der Waals surface area contributed by atoms with Crippen molar-refractivity contribution < 1.29 is 4.52 Å². The number of benzene rings is 1. The zero-order valence-corrected chi connectivity index (χ0v) is 10.7. The second-order valence-corrected chi connectivity index (χ2v) is 4.43. The Morgan fingerprint density at radius 3 is 2.72 bits per heavy atom. The molecule has 1 aromatic heterocycles. The van der Waals surface area contributed by atoms with Gasteiger partial charge in [-0.15, -0.1) is 0 Å². The highest BCUT2D eigenvalue weighted by Crippen LogP contribution is 2.13. The Bertz CT molecular complexity index is 467. The van der Waals surface area contributed by atoms with Gasteiger partial charge in [0.15, 0.2) is 5.82 Å². The SMILES string of the molecule is CCCC(N)c1noc(CCc2ccccc2)n1. The Balaban J connectivity index is 1.91. The van der Waals surface area contributed by atoms with Crippen LogP contribution in [-0.2, 0) is 12.8 Å². The van der Waals surface area contributed by atoms with E-state index in [0.717, 1.165) is 25.7 Å². The largest absolute Gasteiger partial charge is 0.339 e. The summed E-state index contributed by atoms with van der Waals surface area (Å²) in [6.45, 7) is 2.09. The van der Waals surface area contributed by atoms with Crippen molar-refractivity contribution in [3.05, 3.63) is 47.6 Å². The first-order valence-electron chi connectivity index (χ1n) is 6.41. The molecule has 0 bridgehead atoms. The number of rotatable bonds is 6. The normalized spacial score (nSPS) is 12.6.